The summed E-state index contributed by atoms with van der Waals surface area (Å²) in [5.74, 6) is 0.491. The molecule has 0 saturated carbocycles. The molecule has 1 aromatic carbocycles. The number of amides is 1. The normalized spacial score (nSPS) is 15.0. The van der Waals surface area contributed by atoms with Gasteiger partial charge in [-0.25, -0.2) is 0 Å². The monoisotopic (exact) mass is 250 g/mol. The quantitative estimate of drug-likeness (QED) is 0.844. The van der Waals surface area contributed by atoms with E-state index in [1.165, 1.54) is 0 Å². The lowest BCUT2D eigenvalue weighted by atomic mass is 10.1. The van der Waals surface area contributed by atoms with E-state index in [0.29, 0.717) is 24.5 Å². The van der Waals surface area contributed by atoms with Gasteiger partial charge >= 0.3 is 0 Å². The first-order chi connectivity index (χ1) is 8.72. The van der Waals surface area contributed by atoms with E-state index in [4.69, 9.17) is 9.47 Å². The lowest BCUT2D eigenvalue weighted by Gasteiger charge is -2.21. The minimum Gasteiger partial charge on any atom is -0.489 e. The number of benzene rings is 1. The predicted molar refractivity (Wildman–Crippen MR) is 69.2 cm³/mol. The summed E-state index contributed by atoms with van der Waals surface area (Å²) in [6.07, 6.45) is -0.00691. The van der Waals surface area contributed by atoms with E-state index in [-0.39, 0.29) is 12.0 Å². The van der Waals surface area contributed by atoms with E-state index in [2.05, 4.69) is 10.6 Å². The Morgan fingerprint density at radius 3 is 3.22 bits per heavy atom. The second-order valence-electron chi connectivity index (χ2n) is 4.21. The van der Waals surface area contributed by atoms with Gasteiger partial charge in [-0.15, -0.1) is 0 Å². The first kappa shape index (κ1) is 12.7. The standard InChI is InChI=1S/C13H18N2O3/c1-9(17-2)8-15-13(16)10-4-3-5-11-12(10)18-7-6-14-11/h3-5,9,14H,6-8H2,1-2H3,(H,15,16). The van der Waals surface area contributed by atoms with Crippen LogP contribution in [0.3, 0.4) is 0 Å². The Balaban J connectivity index is 2.10. The molecule has 2 rings (SSSR count). The summed E-state index contributed by atoms with van der Waals surface area (Å²) in [6.45, 7) is 3.72. The number of carbonyl (C=O) groups is 1. The molecular weight excluding hydrogens is 232 g/mol. The number of rotatable bonds is 4. The highest BCUT2D eigenvalue weighted by atomic mass is 16.5. The SMILES string of the molecule is COC(C)CNC(=O)c1cccc2c1OCCN2. The summed E-state index contributed by atoms with van der Waals surface area (Å²) in [7, 11) is 1.62. The lowest BCUT2D eigenvalue weighted by Crippen LogP contribution is -2.32. The fraction of sp³-hybridized carbons (Fsp3) is 0.462. The molecule has 1 aliphatic rings. The molecule has 98 valence electrons. The Hall–Kier alpha value is -1.75. The van der Waals surface area contributed by atoms with Crippen LogP contribution in [0.15, 0.2) is 18.2 Å². The van der Waals surface area contributed by atoms with Crippen molar-refractivity contribution in [2.24, 2.45) is 0 Å². The first-order valence-corrected chi connectivity index (χ1v) is 6.03. The molecule has 0 fully saturated rings. The lowest BCUT2D eigenvalue weighted by molar-refractivity contribution is 0.0867. The predicted octanol–water partition coefficient (Wildman–Crippen LogP) is 1.26. The van der Waals surface area contributed by atoms with Gasteiger partial charge in [0.25, 0.3) is 5.91 Å². The molecule has 0 radical (unpaired) electrons. The maximum Gasteiger partial charge on any atom is 0.255 e. The van der Waals surface area contributed by atoms with Crippen LogP contribution in [0.5, 0.6) is 5.75 Å². The van der Waals surface area contributed by atoms with Crippen LogP contribution in [0.1, 0.15) is 17.3 Å². The second-order valence-corrected chi connectivity index (χ2v) is 4.21. The third-order valence-electron chi connectivity index (χ3n) is 2.88. The molecule has 1 atom stereocenters. The molecule has 1 heterocycles. The van der Waals surface area contributed by atoms with Crippen molar-refractivity contribution < 1.29 is 14.3 Å². The fourth-order valence-electron chi connectivity index (χ4n) is 1.76. The highest BCUT2D eigenvalue weighted by molar-refractivity contribution is 5.99. The highest BCUT2D eigenvalue weighted by Gasteiger charge is 2.18. The number of ether oxygens (including phenoxy) is 2. The first-order valence-electron chi connectivity index (χ1n) is 6.03. The summed E-state index contributed by atoms with van der Waals surface area (Å²) in [5.41, 5.74) is 1.43. The number of anilines is 1. The van der Waals surface area contributed by atoms with E-state index in [1.54, 1.807) is 13.2 Å². The Kier molecular flexibility index (Phi) is 4.04. The summed E-state index contributed by atoms with van der Waals surface area (Å²) < 4.78 is 10.6. The van der Waals surface area contributed by atoms with Crippen LogP contribution in [-0.2, 0) is 4.74 Å². The van der Waals surface area contributed by atoms with Crippen molar-refractivity contribution in [2.75, 3.05) is 32.1 Å². The van der Waals surface area contributed by atoms with Gasteiger partial charge in [-0.05, 0) is 19.1 Å². The van der Waals surface area contributed by atoms with Crippen LogP contribution in [0.4, 0.5) is 5.69 Å². The van der Waals surface area contributed by atoms with Crippen LogP contribution in [-0.4, -0.2) is 38.8 Å². The van der Waals surface area contributed by atoms with Gasteiger partial charge in [0, 0.05) is 20.2 Å². The van der Waals surface area contributed by atoms with Gasteiger partial charge in [0.05, 0.1) is 17.4 Å². The van der Waals surface area contributed by atoms with Gasteiger partial charge in [0.2, 0.25) is 0 Å². The molecule has 0 saturated heterocycles. The number of methoxy groups -OCH3 is 1. The van der Waals surface area contributed by atoms with Gasteiger partial charge in [-0.1, -0.05) is 6.07 Å². The van der Waals surface area contributed by atoms with Crippen LogP contribution in [0, 0.1) is 0 Å². The zero-order valence-electron chi connectivity index (χ0n) is 10.7. The minimum atomic E-state index is -0.139. The van der Waals surface area contributed by atoms with Crippen molar-refractivity contribution in [2.45, 2.75) is 13.0 Å². The van der Waals surface area contributed by atoms with Crippen LogP contribution < -0.4 is 15.4 Å². The van der Waals surface area contributed by atoms with Gasteiger partial charge < -0.3 is 20.1 Å². The Morgan fingerprint density at radius 2 is 2.44 bits per heavy atom. The third-order valence-corrected chi connectivity index (χ3v) is 2.88. The van der Waals surface area contributed by atoms with E-state index in [9.17, 15) is 4.79 Å². The fourth-order valence-corrected chi connectivity index (χ4v) is 1.76. The van der Waals surface area contributed by atoms with Gasteiger partial charge in [0.15, 0.2) is 5.75 Å². The molecule has 0 bridgehead atoms. The van der Waals surface area contributed by atoms with Gasteiger partial charge in [-0.3, -0.25) is 4.79 Å². The Labute approximate surface area is 106 Å². The van der Waals surface area contributed by atoms with Crippen LogP contribution in [0.2, 0.25) is 0 Å². The largest absolute Gasteiger partial charge is 0.489 e. The van der Waals surface area contributed by atoms with Crippen molar-refractivity contribution in [3.8, 4) is 5.75 Å². The van der Waals surface area contributed by atoms with E-state index >= 15 is 0 Å². The van der Waals surface area contributed by atoms with Crippen molar-refractivity contribution >= 4 is 11.6 Å². The minimum absolute atomic E-state index is 0.00691. The average Bonchev–Trinajstić information content (AvgIpc) is 2.43. The molecule has 1 amide bonds. The summed E-state index contributed by atoms with van der Waals surface area (Å²) in [5, 5.41) is 6.03. The molecule has 0 aromatic heterocycles. The van der Waals surface area contributed by atoms with Gasteiger partial charge in [0.1, 0.15) is 6.61 Å². The molecule has 5 nitrogen and oxygen atoms in total. The van der Waals surface area contributed by atoms with Crippen molar-refractivity contribution in [3.63, 3.8) is 0 Å². The van der Waals surface area contributed by atoms with Crippen LogP contribution in [0.25, 0.3) is 0 Å². The summed E-state index contributed by atoms with van der Waals surface area (Å²) in [4.78, 5) is 12.1. The molecule has 1 aliphatic heterocycles. The Bertz CT molecular complexity index is 434. The number of para-hydroxylation sites is 1. The Morgan fingerprint density at radius 1 is 1.61 bits per heavy atom. The molecule has 5 heteroatoms. The topological polar surface area (TPSA) is 59.6 Å². The maximum atomic E-state index is 12.1. The number of fused-ring (bicyclic) bond motifs is 1. The molecule has 18 heavy (non-hydrogen) atoms. The number of hydrogen-bond donors (Lipinski definition) is 2. The number of hydrogen-bond acceptors (Lipinski definition) is 4. The number of nitrogens with one attached hydrogen (secondary N) is 2. The van der Waals surface area contributed by atoms with Crippen molar-refractivity contribution in [3.05, 3.63) is 23.8 Å². The maximum absolute atomic E-state index is 12.1. The molecule has 0 spiro atoms. The van der Waals surface area contributed by atoms with E-state index in [1.807, 2.05) is 19.1 Å². The van der Waals surface area contributed by atoms with E-state index in [0.717, 1.165) is 12.2 Å². The third kappa shape index (κ3) is 2.73. The van der Waals surface area contributed by atoms with Crippen molar-refractivity contribution in [1.82, 2.24) is 5.32 Å². The van der Waals surface area contributed by atoms with E-state index < -0.39 is 0 Å². The molecular formula is C13H18N2O3. The highest BCUT2D eigenvalue weighted by Crippen LogP contribution is 2.30. The smallest absolute Gasteiger partial charge is 0.255 e. The molecule has 0 aliphatic carbocycles. The summed E-state index contributed by atoms with van der Waals surface area (Å²) >= 11 is 0. The zero-order chi connectivity index (χ0) is 13.0. The van der Waals surface area contributed by atoms with Crippen LogP contribution >= 0.6 is 0 Å². The number of carbonyl (C=O) groups excluding carboxylic acids is 1. The average molecular weight is 250 g/mol. The van der Waals surface area contributed by atoms with Gasteiger partial charge in [-0.2, -0.15) is 0 Å². The molecule has 1 unspecified atom stereocenters. The molecule has 2 N–H and O–H groups in total. The second kappa shape index (κ2) is 5.73. The molecule has 1 aromatic rings. The summed E-state index contributed by atoms with van der Waals surface area (Å²) in [6, 6.07) is 5.51. The zero-order valence-corrected chi connectivity index (χ0v) is 10.7. The van der Waals surface area contributed by atoms with Crippen molar-refractivity contribution in [1.29, 1.82) is 0 Å².